The summed E-state index contributed by atoms with van der Waals surface area (Å²) in [5.41, 5.74) is 0.325. The Morgan fingerprint density at radius 2 is 2.05 bits per heavy atom. The van der Waals surface area contributed by atoms with Crippen LogP contribution in [0.2, 0.25) is 10.0 Å². The van der Waals surface area contributed by atoms with Crippen molar-refractivity contribution in [3.63, 3.8) is 0 Å². The molecule has 2 aromatic rings. The number of nitro benzene ring substituents is 1. The Morgan fingerprint density at radius 3 is 2.58 bits per heavy atom. The smallest absolute Gasteiger partial charge is 0.272 e. The standard InChI is InChI=1S/C10H9Cl2N5O2/c11-8-5-7(17(18)19)6-9(12)10(8)13-1-3-16-4-2-14-15-16/h2,4-6,13H,1,3H2. The van der Waals surface area contributed by atoms with Crippen LogP contribution in [0, 0.1) is 10.1 Å². The van der Waals surface area contributed by atoms with Crippen molar-refractivity contribution in [2.75, 3.05) is 11.9 Å². The van der Waals surface area contributed by atoms with E-state index < -0.39 is 4.92 Å². The van der Waals surface area contributed by atoms with Gasteiger partial charge in [0.25, 0.3) is 5.69 Å². The molecule has 7 nitrogen and oxygen atoms in total. The molecule has 2 rings (SSSR count). The molecule has 0 unspecified atom stereocenters. The van der Waals surface area contributed by atoms with Crippen molar-refractivity contribution in [2.24, 2.45) is 0 Å². The van der Waals surface area contributed by atoms with E-state index in [0.717, 1.165) is 0 Å². The van der Waals surface area contributed by atoms with Gasteiger partial charge in [-0.15, -0.1) is 5.10 Å². The molecule has 0 aliphatic heterocycles. The summed E-state index contributed by atoms with van der Waals surface area (Å²) >= 11 is 11.9. The third-order valence-electron chi connectivity index (χ3n) is 2.35. The van der Waals surface area contributed by atoms with Gasteiger partial charge >= 0.3 is 0 Å². The van der Waals surface area contributed by atoms with Gasteiger partial charge in [-0.25, -0.2) is 0 Å². The number of non-ortho nitro benzene ring substituents is 1. The van der Waals surface area contributed by atoms with Gasteiger partial charge < -0.3 is 5.32 Å². The molecule has 0 aliphatic carbocycles. The van der Waals surface area contributed by atoms with E-state index in [0.29, 0.717) is 18.8 Å². The first-order chi connectivity index (χ1) is 9.08. The van der Waals surface area contributed by atoms with Crippen LogP contribution in [0.3, 0.4) is 0 Å². The number of nitrogens with one attached hydrogen (secondary N) is 1. The van der Waals surface area contributed by atoms with E-state index in [1.807, 2.05) is 0 Å². The summed E-state index contributed by atoms with van der Waals surface area (Å²) in [4.78, 5) is 10.1. The number of benzene rings is 1. The second-order valence-electron chi connectivity index (χ2n) is 3.63. The molecular formula is C10H9Cl2N5O2. The Morgan fingerprint density at radius 1 is 1.37 bits per heavy atom. The molecule has 0 atom stereocenters. The van der Waals surface area contributed by atoms with Gasteiger partial charge in [-0.2, -0.15) is 0 Å². The Labute approximate surface area is 118 Å². The lowest BCUT2D eigenvalue weighted by Gasteiger charge is -2.10. The molecule has 1 aromatic carbocycles. The van der Waals surface area contributed by atoms with Crippen LogP contribution in [0.15, 0.2) is 24.5 Å². The summed E-state index contributed by atoms with van der Waals surface area (Å²) in [5.74, 6) is 0. The van der Waals surface area contributed by atoms with Crippen LogP contribution < -0.4 is 5.32 Å². The number of hydrogen-bond donors (Lipinski definition) is 1. The average Bonchev–Trinajstić information content (AvgIpc) is 2.85. The van der Waals surface area contributed by atoms with Crippen LogP contribution in [0.4, 0.5) is 11.4 Å². The summed E-state index contributed by atoms with van der Waals surface area (Å²) in [6.07, 6.45) is 3.30. The topological polar surface area (TPSA) is 85.9 Å². The molecule has 1 heterocycles. The monoisotopic (exact) mass is 301 g/mol. The Kier molecular flexibility index (Phi) is 4.18. The van der Waals surface area contributed by atoms with Gasteiger partial charge in [-0.1, -0.05) is 28.4 Å². The molecule has 9 heteroatoms. The molecule has 0 saturated heterocycles. The van der Waals surface area contributed by atoms with E-state index in [1.165, 1.54) is 12.1 Å². The molecule has 0 fully saturated rings. The van der Waals surface area contributed by atoms with E-state index in [9.17, 15) is 10.1 Å². The van der Waals surface area contributed by atoms with E-state index in [2.05, 4.69) is 15.6 Å². The first-order valence-electron chi connectivity index (χ1n) is 5.29. The molecule has 0 bridgehead atoms. The average molecular weight is 302 g/mol. The summed E-state index contributed by atoms with van der Waals surface area (Å²) in [6, 6.07) is 2.51. The highest BCUT2D eigenvalue weighted by molar-refractivity contribution is 6.39. The van der Waals surface area contributed by atoms with E-state index >= 15 is 0 Å². The number of aromatic nitrogens is 3. The van der Waals surface area contributed by atoms with Gasteiger partial charge in [-0.3, -0.25) is 14.8 Å². The van der Waals surface area contributed by atoms with Gasteiger partial charge in [0.15, 0.2) is 0 Å². The molecular weight excluding hydrogens is 293 g/mol. The van der Waals surface area contributed by atoms with Gasteiger partial charge in [-0.05, 0) is 0 Å². The third-order valence-corrected chi connectivity index (χ3v) is 2.95. The molecule has 0 radical (unpaired) electrons. The fourth-order valence-corrected chi connectivity index (χ4v) is 2.09. The van der Waals surface area contributed by atoms with Crippen molar-refractivity contribution in [2.45, 2.75) is 6.54 Å². The largest absolute Gasteiger partial charge is 0.381 e. The minimum absolute atomic E-state index is 0.142. The molecule has 0 aliphatic rings. The van der Waals surface area contributed by atoms with Gasteiger partial charge in [0.1, 0.15) is 0 Å². The fraction of sp³-hybridized carbons (Fsp3) is 0.200. The molecule has 100 valence electrons. The van der Waals surface area contributed by atoms with E-state index in [4.69, 9.17) is 23.2 Å². The molecule has 1 aromatic heterocycles. The minimum Gasteiger partial charge on any atom is -0.381 e. The Bertz CT molecular complexity index is 565. The number of hydrogen-bond acceptors (Lipinski definition) is 5. The molecule has 19 heavy (non-hydrogen) atoms. The van der Waals surface area contributed by atoms with E-state index in [-0.39, 0.29) is 15.7 Å². The molecule has 0 spiro atoms. The van der Waals surface area contributed by atoms with Gasteiger partial charge in [0, 0.05) is 24.9 Å². The first kappa shape index (κ1) is 13.6. The van der Waals surface area contributed by atoms with Crippen molar-refractivity contribution >= 4 is 34.6 Å². The predicted molar refractivity (Wildman–Crippen MR) is 71.6 cm³/mol. The van der Waals surface area contributed by atoms with Crippen molar-refractivity contribution < 1.29 is 4.92 Å². The fourth-order valence-electron chi connectivity index (χ4n) is 1.48. The van der Waals surface area contributed by atoms with E-state index in [1.54, 1.807) is 17.1 Å². The number of halogens is 2. The Hall–Kier alpha value is -1.86. The van der Waals surface area contributed by atoms with Crippen molar-refractivity contribution in [1.82, 2.24) is 15.0 Å². The quantitative estimate of drug-likeness (QED) is 0.677. The second-order valence-corrected chi connectivity index (χ2v) is 4.45. The van der Waals surface area contributed by atoms with Crippen LogP contribution in [0.25, 0.3) is 0 Å². The maximum Gasteiger partial charge on any atom is 0.272 e. The van der Waals surface area contributed by atoms with Crippen LogP contribution in [-0.4, -0.2) is 26.5 Å². The van der Waals surface area contributed by atoms with Crippen molar-refractivity contribution in [3.05, 3.63) is 44.7 Å². The van der Waals surface area contributed by atoms with Crippen LogP contribution >= 0.6 is 23.2 Å². The number of nitrogens with zero attached hydrogens (tertiary/aromatic N) is 4. The minimum atomic E-state index is -0.545. The first-order valence-corrected chi connectivity index (χ1v) is 6.05. The lowest BCUT2D eigenvalue weighted by Crippen LogP contribution is -2.11. The summed E-state index contributed by atoms with van der Waals surface area (Å²) in [7, 11) is 0. The van der Waals surface area contributed by atoms with Crippen LogP contribution in [0.1, 0.15) is 0 Å². The van der Waals surface area contributed by atoms with Crippen LogP contribution in [0.5, 0.6) is 0 Å². The lowest BCUT2D eigenvalue weighted by atomic mass is 10.2. The zero-order valence-corrected chi connectivity index (χ0v) is 11.1. The lowest BCUT2D eigenvalue weighted by molar-refractivity contribution is -0.384. The molecule has 1 N–H and O–H groups in total. The maximum atomic E-state index is 10.6. The number of rotatable bonds is 5. The number of anilines is 1. The SMILES string of the molecule is O=[N+]([O-])c1cc(Cl)c(NCCn2ccnn2)c(Cl)c1. The van der Waals surface area contributed by atoms with Gasteiger partial charge in [0.05, 0.1) is 33.4 Å². The van der Waals surface area contributed by atoms with Gasteiger partial charge in [0.2, 0.25) is 0 Å². The summed E-state index contributed by atoms with van der Waals surface area (Å²) in [5, 5.41) is 21.5. The third kappa shape index (κ3) is 3.33. The van der Waals surface area contributed by atoms with Crippen molar-refractivity contribution in [3.8, 4) is 0 Å². The zero-order chi connectivity index (χ0) is 13.8. The molecule has 0 saturated carbocycles. The van der Waals surface area contributed by atoms with Crippen molar-refractivity contribution in [1.29, 1.82) is 0 Å². The summed E-state index contributed by atoms with van der Waals surface area (Å²) < 4.78 is 1.64. The zero-order valence-electron chi connectivity index (χ0n) is 9.58. The highest BCUT2D eigenvalue weighted by atomic mass is 35.5. The number of nitro groups is 1. The Balaban J connectivity index is 2.06. The maximum absolute atomic E-state index is 10.6. The van der Waals surface area contributed by atoms with Crippen LogP contribution in [-0.2, 0) is 6.54 Å². The molecule has 0 amide bonds. The highest BCUT2D eigenvalue weighted by Crippen LogP contribution is 2.34. The highest BCUT2D eigenvalue weighted by Gasteiger charge is 2.14. The summed E-state index contributed by atoms with van der Waals surface area (Å²) in [6.45, 7) is 1.09. The normalized spacial score (nSPS) is 10.4. The second kappa shape index (κ2) is 5.85. The predicted octanol–water partition coefficient (Wildman–Crippen LogP) is 2.61.